The molecule has 1 amide bonds. The number of non-ortho nitro benzene ring substituents is 1. The van der Waals surface area contributed by atoms with Gasteiger partial charge >= 0.3 is 0 Å². The Labute approximate surface area is 171 Å². The molecule has 146 valence electrons. The van der Waals surface area contributed by atoms with Crippen LogP contribution in [0.1, 0.15) is 22.1 Å². The molecule has 4 aromatic rings. The highest BCUT2D eigenvalue weighted by molar-refractivity contribution is 6.04. The fourth-order valence-corrected chi connectivity index (χ4v) is 3.74. The van der Waals surface area contributed by atoms with E-state index in [2.05, 4.69) is 15.3 Å². The van der Waals surface area contributed by atoms with Crippen LogP contribution in [0.15, 0.2) is 79.1 Å². The van der Waals surface area contributed by atoms with E-state index in [0.717, 1.165) is 10.9 Å². The first-order chi connectivity index (χ1) is 14.6. The monoisotopic (exact) mass is 397 g/mol. The zero-order valence-electron chi connectivity index (χ0n) is 15.6. The summed E-state index contributed by atoms with van der Waals surface area (Å²) >= 11 is 0. The number of anilines is 2. The molecule has 2 heterocycles. The van der Waals surface area contributed by atoms with Gasteiger partial charge in [-0.05, 0) is 24.3 Å². The number of carbonyl (C=O) groups excluding carboxylic acids is 1. The first-order valence-corrected chi connectivity index (χ1v) is 9.27. The third-order valence-corrected chi connectivity index (χ3v) is 5.08. The molecule has 0 saturated heterocycles. The van der Waals surface area contributed by atoms with Gasteiger partial charge in [0.15, 0.2) is 0 Å². The van der Waals surface area contributed by atoms with Gasteiger partial charge < -0.3 is 5.32 Å². The number of amides is 1. The van der Waals surface area contributed by atoms with Crippen molar-refractivity contribution in [1.29, 1.82) is 0 Å². The van der Waals surface area contributed by atoms with E-state index >= 15 is 0 Å². The minimum absolute atomic E-state index is 0.0481. The fraction of sp³-hybridized carbons (Fsp3) is 0.0455. The second-order valence-corrected chi connectivity index (χ2v) is 6.83. The molecule has 0 fully saturated rings. The molecule has 1 aliphatic rings. The second kappa shape index (κ2) is 6.93. The number of hydrogen-bond donors (Lipinski definition) is 1. The highest BCUT2D eigenvalue weighted by Gasteiger charge is 2.34. The van der Waals surface area contributed by atoms with Crippen LogP contribution in [0.25, 0.3) is 10.9 Å². The molecule has 30 heavy (non-hydrogen) atoms. The van der Waals surface area contributed by atoms with E-state index in [9.17, 15) is 14.9 Å². The van der Waals surface area contributed by atoms with Gasteiger partial charge in [-0.3, -0.25) is 19.8 Å². The molecule has 0 spiro atoms. The summed E-state index contributed by atoms with van der Waals surface area (Å²) in [6, 6.07) is 21.1. The summed E-state index contributed by atoms with van der Waals surface area (Å²) in [4.78, 5) is 34.4. The van der Waals surface area contributed by atoms with Crippen molar-refractivity contribution < 1.29 is 9.72 Å². The first kappa shape index (κ1) is 17.7. The summed E-state index contributed by atoms with van der Waals surface area (Å²) in [5, 5.41) is 15.1. The van der Waals surface area contributed by atoms with Gasteiger partial charge in [0.1, 0.15) is 18.3 Å². The molecule has 1 N–H and O–H groups in total. The molecular formula is C22H15N5O3. The number of hydrogen-bond acceptors (Lipinski definition) is 6. The molecule has 3 aromatic carbocycles. The number of nitro groups is 1. The van der Waals surface area contributed by atoms with Crippen LogP contribution in [-0.2, 0) is 0 Å². The van der Waals surface area contributed by atoms with E-state index < -0.39 is 11.1 Å². The molecule has 0 saturated carbocycles. The predicted molar refractivity (Wildman–Crippen MR) is 111 cm³/mol. The minimum atomic E-state index is -0.675. The third kappa shape index (κ3) is 2.82. The maximum absolute atomic E-state index is 12.8. The molecule has 5 rings (SSSR count). The highest BCUT2D eigenvalue weighted by Crippen LogP contribution is 2.41. The Morgan fingerprint density at radius 2 is 1.77 bits per heavy atom. The van der Waals surface area contributed by atoms with Crippen molar-refractivity contribution >= 4 is 34.0 Å². The van der Waals surface area contributed by atoms with Gasteiger partial charge in [-0.25, -0.2) is 9.97 Å². The van der Waals surface area contributed by atoms with Gasteiger partial charge in [0.2, 0.25) is 0 Å². The van der Waals surface area contributed by atoms with Crippen molar-refractivity contribution in [3.05, 3.63) is 100 Å². The van der Waals surface area contributed by atoms with Gasteiger partial charge in [-0.2, -0.15) is 0 Å². The number of benzene rings is 3. The Morgan fingerprint density at radius 3 is 2.63 bits per heavy atom. The predicted octanol–water partition coefficient (Wildman–Crippen LogP) is 4.12. The Morgan fingerprint density at radius 1 is 0.967 bits per heavy atom. The quantitative estimate of drug-likeness (QED) is 0.412. The largest absolute Gasteiger partial charge is 0.327 e. The topological polar surface area (TPSA) is 101 Å². The number of fused-ring (bicyclic) bond motifs is 2. The van der Waals surface area contributed by atoms with Crippen LogP contribution in [-0.4, -0.2) is 20.8 Å². The van der Waals surface area contributed by atoms with Gasteiger partial charge in [-0.15, -0.1) is 0 Å². The summed E-state index contributed by atoms with van der Waals surface area (Å²) in [6.45, 7) is 0. The number of carbonyl (C=O) groups is 1. The van der Waals surface area contributed by atoms with Crippen LogP contribution in [0, 0.1) is 10.1 Å². The lowest BCUT2D eigenvalue weighted by atomic mass is 10.0. The van der Waals surface area contributed by atoms with Crippen LogP contribution in [0.3, 0.4) is 0 Å². The van der Waals surface area contributed by atoms with Crippen molar-refractivity contribution in [2.45, 2.75) is 6.17 Å². The molecule has 1 aromatic heterocycles. The highest BCUT2D eigenvalue weighted by atomic mass is 16.6. The Hall–Kier alpha value is -4.33. The zero-order chi connectivity index (χ0) is 20.7. The Bertz CT molecular complexity index is 1300. The lowest BCUT2D eigenvalue weighted by Gasteiger charge is -2.38. The summed E-state index contributed by atoms with van der Waals surface area (Å²) in [5.74, 6) is 0.348. The van der Waals surface area contributed by atoms with Crippen molar-refractivity contribution in [2.24, 2.45) is 0 Å². The average Bonchev–Trinajstić information content (AvgIpc) is 2.79. The molecule has 0 bridgehead atoms. The van der Waals surface area contributed by atoms with E-state index in [-0.39, 0.29) is 11.6 Å². The number of rotatable bonds is 3. The number of nitrogens with one attached hydrogen (secondary N) is 1. The summed E-state index contributed by atoms with van der Waals surface area (Å²) < 4.78 is 0. The second-order valence-electron chi connectivity index (χ2n) is 6.83. The number of nitrogens with zero attached hydrogens (tertiary/aromatic N) is 4. The smallest absolute Gasteiger partial charge is 0.269 e. The minimum Gasteiger partial charge on any atom is -0.327 e. The number of para-hydroxylation sites is 2. The maximum atomic E-state index is 12.8. The van der Waals surface area contributed by atoms with Crippen molar-refractivity contribution in [2.75, 3.05) is 4.90 Å². The standard InChI is InChI=1S/C22H15N5O3/c28-22-17-9-2-4-11-19(17)26(21-16-8-1-3-10-18(16)23-13-24-21)20(25-22)14-6-5-7-15(12-14)27(29)30/h1-13,20H,(H,25,28). The molecule has 1 aliphatic heterocycles. The van der Waals surface area contributed by atoms with Gasteiger partial charge in [0.05, 0.1) is 21.7 Å². The summed E-state index contributed by atoms with van der Waals surface area (Å²) in [6.07, 6.45) is 0.798. The zero-order valence-corrected chi connectivity index (χ0v) is 15.6. The van der Waals surface area contributed by atoms with E-state index in [1.54, 1.807) is 24.3 Å². The molecule has 8 nitrogen and oxygen atoms in total. The van der Waals surface area contributed by atoms with Crippen LogP contribution >= 0.6 is 0 Å². The summed E-state index contributed by atoms with van der Waals surface area (Å²) in [7, 11) is 0. The van der Waals surface area contributed by atoms with Crippen LogP contribution < -0.4 is 10.2 Å². The van der Waals surface area contributed by atoms with E-state index in [1.165, 1.54) is 18.5 Å². The van der Waals surface area contributed by atoms with Gasteiger partial charge in [-0.1, -0.05) is 36.4 Å². The molecule has 0 radical (unpaired) electrons. The Balaban J connectivity index is 1.77. The number of aromatic nitrogens is 2. The normalized spacial score (nSPS) is 15.5. The summed E-state index contributed by atoms with van der Waals surface area (Å²) in [5.41, 5.74) is 2.46. The van der Waals surface area contributed by atoms with E-state index in [1.807, 2.05) is 41.3 Å². The maximum Gasteiger partial charge on any atom is 0.269 e. The first-order valence-electron chi connectivity index (χ1n) is 9.27. The molecule has 1 atom stereocenters. The lowest BCUT2D eigenvalue weighted by Crippen LogP contribution is -2.44. The molecular weight excluding hydrogens is 382 g/mol. The lowest BCUT2D eigenvalue weighted by molar-refractivity contribution is -0.384. The van der Waals surface area contributed by atoms with Crippen LogP contribution in [0.5, 0.6) is 0 Å². The van der Waals surface area contributed by atoms with E-state index in [0.29, 0.717) is 22.6 Å². The Kier molecular flexibility index (Phi) is 4.10. The van der Waals surface area contributed by atoms with Crippen LogP contribution in [0.2, 0.25) is 0 Å². The van der Waals surface area contributed by atoms with Crippen molar-refractivity contribution in [1.82, 2.24) is 15.3 Å². The van der Waals surface area contributed by atoms with Crippen LogP contribution in [0.4, 0.5) is 17.2 Å². The molecule has 1 unspecified atom stereocenters. The SMILES string of the molecule is O=C1NC(c2cccc([N+](=O)[O-])c2)N(c2ncnc3ccccc23)c2ccccc21. The average molecular weight is 397 g/mol. The van der Waals surface area contributed by atoms with Crippen molar-refractivity contribution in [3.63, 3.8) is 0 Å². The van der Waals surface area contributed by atoms with Crippen molar-refractivity contribution in [3.8, 4) is 0 Å². The molecule has 0 aliphatic carbocycles. The molecule has 8 heteroatoms. The fourth-order valence-electron chi connectivity index (χ4n) is 3.74. The van der Waals surface area contributed by atoms with E-state index in [4.69, 9.17) is 0 Å². The van der Waals surface area contributed by atoms with Gasteiger partial charge in [0, 0.05) is 23.1 Å². The third-order valence-electron chi connectivity index (χ3n) is 5.08. The van der Waals surface area contributed by atoms with Gasteiger partial charge in [0.25, 0.3) is 11.6 Å². The number of nitro benzene ring substituents is 1.